The number of amides is 1. The molecule has 0 aliphatic carbocycles. The Bertz CT molecular complexity index is 1250. The van der Waals surface area contributed by atoms with Crippen molar-refractivity contribution in [1.82, 2.24) is 4.98 Å². The first-order valence-corrected chi connectivity index (χ1v) is 12.3. The van der Waals surface area contributed by atoms with E-state index in [1.165, 1.54) is 0 Å². The number of nitrogens with zero attached hydrogens (tertiary/aromatic N) is 2. The number of thiazole rings is 1. The number of fused-ring (bicyclic) bond motifs is 1. The summed E-state index contributed by atoms with van der Waals surface area (Å²) in [5, 5.41) is 3.99. The van der Waals surface area contributed by atoms with Crippen molar-refractivity contribution >= 4 is 54.2 Å². The molecule has 1 fully saturated rings. The quantitative estimate of drug-likeness (QED) is 0.349. The summed E-state index contributed by atoms with van der Waals surface area (Å²) >= 11 is 5.05. The van der Waals surface area contributed by atoms with Crippen molar-refractivity contribution in [1.29, 1.82) is 0 Å². The van der Waals surface area contributed by atoms with E-state index in [-0.39, 0.29) is 5.91 Å². The van der Waals surface area contributed by atoms with Gasteiger partial charge in [0.05, 0.1) is 23.4 Å². The summed E-state index contributed by atoms with van der Waals surface area (Å²) in [6, 6.07) is 21.0. The van der Waals surface area contributed by atoms with Crippen LogP contribution in [0.25, 0.3) is 10.2 Å². The molecule has 5 rings (SSSR count). The Kier molecular flexibility index (Phi) is 6.57. The molecule has 0 atom stereocenters. The van der Waals surface area contributed by atoms with Crippen LogP contribution in [0.2, 0.25) is 0 Å². The average molecular weight is 524 g/mol. The highest BCUT2D eigenvalue weighted by Crippen LogP contribution is 2.31. The Morgan fingerprint density at radius 3 is 2.58 bits per heavy atom. The molecule has 0 spiro atoms. The van der Waals surface area contributed by atoms with Crippen LogP contribution in [0, 0.1) is 0 Å². The van der Waals surface area contributed by atoms with E-state index < -0.39 is 0 Å². The molecule has 1 aliphatic rings. The van der Waals surface area contributed by atoms with Crippen LogP contribution in [-0.2, 0) is 11.3 Å². The normalized spacial score (nSPS) is 13.8. The Balaban J connectivity index is 1.21. The van der Waals surface area contributed by atoms with E-state index >= 15 is 0 Å². The second kappa shape index (κ2) is 9.91. The Hall–Kier alpha value is -2.94. The second-order valence-electron chi connectivity index (χ2n) is 7.67. The number of carbonyl (C=O) groups excluding carboxylic acids is 1. The number of aromatic nitrogens is 1. The maximum absolute atomic E-state index is 12.7. The van der Waals surface area contributed by atoms with Crippen LogP contribution in [0.4, 0.5) is 10.8 Å². The number of anilines is 2. The van der Waals surface area contributed by atoms with E-state index in [1.807, 2.05) is 66.7 Å². The summed E-state index contributed by atoms with van der Waals surface area (Å²) in [7, 11) is 0. The van der Waals surface area contributed by atoms with Gasteiger partial charge in [-0.05, 0) is 60.2 Å². The first-order chi connectivity index (χ1) is 16.1. The van der Waals surface area contributed by atoms with Crippen LogP contribution in [0.1, 0.15) is 15.9 Å². The van der Waals surface area contributed by atoms with Crippen molar-refractivity contribution < 1.29 is 14.3 Å². The summed E-state index contributed by atoms with van der Waals surface area (Å²) in [5.74, 6) is 0.655. The summed E-state index contributed by atoms with van der Waals surface area (Å²) < 4.78 is 13.3. The van der Waals surface area contributed by atoms with E-state index in [4.69, 9.17) is 14.5 Å². The van der Waals surface area contributed by atoms with Gasteiger partial charge in [0, 0.05) is 28.8 Å². The van der Waals surface area contributed by atoms with Gasteiger partial charge in [-0.15, -0.1) is 0 Å². The SMILES string of the molecule is O=C(Nc1ccc2nc(N3CCOCC3)sc2c1)c1ccc(COc2ccc(Br)cc2)cc1. The van der Waals surface area contributed by atoms with E-state index in [0.29, 0.717) is 12.2 Å². The zero-order valence-electron chi connectivity index (χ0n) is 17.8. The summed E-state index contributed by atoms with van der Waals surface area (Å²) in [6.07, 6.45) is 0. The third-order valence-corrected chi connectivity index (χ3v) is 6.96. The van der Waals surface area contributed by atoms with Crippen molar-refractivity contribution in [2.24, 2.45) is 0 Å². The van der Waals surface area contributed by atoms with Crippen molar-refractivity contribution in [3.05, 3.63) is 82.3 Å². The molecular formula is C25H22BrN3O3S. The number of hydrogen-bond donors (Lipinski definition) is 1. The predicted molar refractivity (Wildman–Crippen MR) is 136 cm³/mol. The van der Waals surface area contributed by atoms with E-state index in [0.717, 1.165) is 63.1 Å². The molecule has 0 saturated carbocycles. The Morgan fingerprint density at radius 1 is 1.06 bits per heavy atom. The highest BCUT2D eigenvalue weighted by molar-refractivity contribution is 9.10. The number of nitrogens with one attached hydrogen (secondary N) is 1. The molecule has 6 nitrogen and oxygen atoms in total. The van der Waals surface area contributed by atoms with Crippen LogP contribution in [0.15, 0.2) is 71.2 Å². The van der Waals surface area contributed by atoms with Gasteiger partial charge in [-0.2, -0.15) is 0 Å². The molecule has 1 aromatic heterocycles. The molecule has 1 saturated heterocycles. The van der Waals surface area contributed by atoms with Gasteiger partial charge < -0.3 is 19.7 Å². The van der Waals surface area contributed by atoms with Crippen molar-refractivity contribution in [3.63, 3.8) is 0 Å². The van der Waals surface area contributed by atoms with Gasteiger partial charge in [0.25, 0.3) is 5.91 Å². The topological polar surface area (TPSA) is 63.7 Å². The van der Waals surface area contributed by atoms with Gasteiger partial charge in [0.1, 0.15) is 12.4 Å². The minimum atomic E-state index is -0.146. The lowest BCUT2D eigenvalue weighted by Gasteiger charge is -2.25. The number of hydrogen-bond acceptors (Lipinski definition) is 6. The maximum Gasteiger partial charge on any atom is 0.255 e. The van der Waals surface area contributed by atoms with Crippen LogP contribution >= 0.6 is 27.3 Å². The highest BCUT2D eigenvalue weighted by atomic mass is 79.9. The minimum Gasteiger partial charge on any atom is -0.489 e. The Labute approximate surface area is 204 Å². The van der Waals surface area contributed by atoms with Crippen molar-refractivity contribution in [2.45, 2.75) is 6.61 Å². The number of ether oxygens (including phenoxy) is 2. The summed E-state index contributed by atoms with van der Waals surface area (Å²) in [5.41, 5.74) is 3.29. The van der Waals surface area contributed by atoms with E-state index in [1.54, 1.807) is 11.3 Å². The number of carbonyl (C=O) groups is 1. The van der Waals surface area contributed by atoms with E-state index in [9.17, 15) is 4.79 Å². The average Bonchev–Trinajstić information content (AvgIpc) is 3.28. The van der Waals surface area contributed by atoms with Crippen molar-refractivity contribution in [3.8, 4) is 5.75 Å². The first-order valence-electron chi connectivity index (χ1n) is 10.7. The van der Waals surface area contributed by atoms with Gasteiger partial charge in [0.15, 0.2) is 5.13 Å². The van der Waals surface area contributed by atoms with Crippen LogP contribution in [0.3, 0.4) is 0 Å². The second-order valence-corrected chi connectivity index (χ2v) is 9.60. The molecule has 3 aromatic carbocycles. The molecule has 1 aliphatic heterocycles. The lowest BCUT2D eigenvalue weighted by molar-refractivity contribution is 0.102. The zero-order valence-corrected chi connectivity index (χ0v) is 20.2. The van der Waals surface area contributed by atoms with Gasteiger partial charge in [-0.1, -0.05) is 39.4 Å². The van der Waals surface area contributed by atoms with Gasteiger partial charge in [0.2, 0.25) is 0 Å². The van der Waals surface area contributed by atoms with Gasteiger partial charge in [-0.3, -0.25) is 4.79 Å². The van der Waals surface area contributed by atoms with Gasteiger partial charge >= 0.3 is 0 Å². The number of halogens is 1. The maximum atomic E-state index is 12.7. The zero-order chi connectivity index (χ0) is 22.6. The lowest BCUT2D eigenvalue weighted by Crippen LogP contribution is -2.36. The fraction of sp³-hybridized carbons (Fsp3) is 0.200. The fourth-order valence-electron chi connectivity index (χ4n) is 3.53. The standard InChI is InChI=1S/C25H22BrN3O3S/c26-19-5-8-21(9-6-19)32-16-17-1-3-18(4-2-17)24(30)27-20-7-10-22-23(15-20)33-25(28-22)29-11-13-31-14-12-29/h1-10,15H,11-14,16H2,(H,27,30). The third kappa shape index (κ3) is 5.35. The smallest absolute Gasteiger partial charge is 0.255 e. The highest BCUT2D eigenvalue weighted by Gasteiger charge is 2.16. The minimum absolute atomic E-state index is 0.146. The summed E-state index contributed by atoms with van der Waals surface area (Å²) in [4.78, 5) is 19.7. The van der Waals surface area contributed by atoms with Crippen LogP contribution in [0.5, 0.6) is 5.75 Å². The van der Waals surface area contributed by atoms with Crippen LogP contribution < -0.4 is 15.0 Å². The monoisotopic (exact) mass is 523 g/mol. The lowest BCUT2D eigenvalue weighted by atomic mass is 10.1. The Morgan fingerprint density at radius 2 is 1.82 bits per heavy atom. The summed E-state index contributed by atoms with van der Waals surface area (Å²) in [6.45, 7) is 3.61. The number of rotatable bonds is 6. The van der Waals surface area contributed by atoms with E-state index in [2.05, 4.69) is 26.1 Å². The molecule has 4 aromatic rings. The molecule has 0 bridgehead atoms. The number of morpholine rings is 1. The fourth-order valence-corrected chi connectivity index (χ4v) is 4.85. The molecule has 0 unspecified atom stereocenters. The molecule has 33 heavy (non-hydrogen) atoms. The van der Waals surface area contributed by atoms with Gasteiger partial charge in [-0.25, -0.2) is 4.98 Å². The molecule has 1 amide bonds. The van der Waals surface area contributed by atoms with Crippen LogP contribution in [-0.4, -0.2) is 37.2 Å². The third-order valence-electron chi connectivity index (χ3n) is 5.35. The number of benzene rings is 3. The first kappa shape index (κ1) is 21.9. The molecule has 2 heterocycles. The molecule has 0 radical (unpaired) electrons. The molecular weight excluding hydrogens is 502 g/mol. The molecule has 8 heteroatoms. The predicted octanol–water partition coefficient (Wildman–Crippen LogP) is 5.73. The molecule has 1 N–H and O–H groups in total. The largest absolute Gasteiger partial charge is 0.489 e. The van der Waals surface area contributed by atoms with Crippen molar-refractivity contribution in [2.75, 3.05) is 36.5 Å². The molecule has 168 valence electrons.